The Morgan fingerprint density at radius 2 is 1.95 bits per heavy atom. The molecule has 0 aliphatic rings. The molecule has 0 amide bonds. The van der Waals surface area contributed by atoms with Crippen LogP contribution in [0.1, 0.15) is 41.2 Å². The van der Waals surface area contributed by atoms with E-state index in [4.69, 9.17) is 16.0 Å². The summed E-state index contributed by atoms with van der Waals surface area (Å²) in [6.45, 7) is 8.92. The lowest BCUT2D eigenvalue weighted by Gasteiger charge is -2.19. The molecule has 0 saturated carbocycles. The summed E-state index contributed by atoms with van der Waals surface area (Å²) in [6.07, 6.45) is 0.702. The van der Waals surface area contributed by atoms with Gasteiger partial charge in [0.2, 0.25) is 0 Å². The molecule has 1 atom stereocenters. The van der Waals surface area contributed by atoms with Crippen LogP contribution in [0.3, 0.4) is 0 Å². The molecule has 4 heteroatoms. The number of hydrogen-bond donors (Lipinski definition) is 1. The third kappa shape index (κ3) is 3.47. The maximum absolute atomic E-state index is 13.2. The van der Waals surface area contributed by atoms with Crippen LogP contribution >= 0.6 is 11.6 Å². The molecule has 2 nitrogen and oxygen atoms in total. The number of aryl methyl sites for hydroxylation is 2. The largest absolute Gasteiger partial charge is 0.466 e. The summed E-state index contributed by atoms with van der Waals surface area (Å²) in [4.78, 5) is 0. The number of hydrogen-bond acceptors (Lipinski definition) is 2. The van der Waals surface area contributed by atoms with Crippen molar-refractivity contribution in [1.82, 2.24) is 5.32 Å². The Morgan fingerprint density at radius 3 is 2.48 bits per heavy atom. The average Bonchev–Trinajstić information content (AvgIpc) is 2.66. The van der Waals surface area contributed by atoms with Crippen molar-refractivity contribution in [1.29, 1.82) is 0 Å². The predicted molar refractivity (Wildman–Crippen MR) is 84.5 cm³/mol. The van der Waals surface area contributed by atoms with E-state index in [1.165, 1.54) is 17.7 Å². The van der Waals surface area contributed by atoms with Crippen molar-refractivity contribution in [2.45, 2.75) is 40.2 Å². The zero-order valence-corrected chi connectivity index (χ0v) is 13.6. The molecule has 2 rings (SSSR count). The summed E-state index contributed by atoms with van der Waals surface area (Å²) in [5.41, 5.74) is 3.27. The number of benzene rings is 1. The number of nitrogens with one attached hydrogen (secondary N) is 1. The summed E-state index contributed by atoms with van der Waals surface area (Å²) in [6, 6.07) is 4.67. The van der Waals surface area contributed by atoms with Crippen LogP contribution in [-0.4, -0.2) is 6.54 Å². The molecule has 0 saturated heterocycles. The van der Waals surface area contributed by atoms with E-state index in [1.54, 1.807) is 6.07 Å². The summed E-state index contributed by atoms with van der Waals surface area (Å²) in [5.74, 6) is 1.56. The van der Waals surface area contributed by atoms with Crippen molar-refractivity contribution in [3.05, 3.63) is 57.2 Å². The molecule has 21 heavy (non-hydrogen) atoms. The van der Waals surface area contributed by atoms with Crippen molar-refractivity contribution in [3.8, 4) is 0 Å². The SMILES string of the molecule is CCNC(Cc1ccc(F)cc1Cl)c1c(C)oc(C)c1C. The van der Waals surface area contributed by atoms with Crippen molar-refractivity contribution < 1.29 is 8.81 Å². The summed E-state index contributed by atoms with van der Waals surface area (Å²) in [5, 5.41) is 3.94. The Balaban J connectivity index is 2.35. The highest BCUT2D eigenvalue weighted by Crippen LogP contribution is 2.31. The molecule has 0 aliphatic heterocycles. The Labute approximate surface area is 130 Å². The van der Waals surface area contributed by atoms with Gasteiger partial charge in [0.15, 0.2) is 0 Å². The molecular weight excluding hydrogens is 289 g/mol. The van der Waals surface area contributed by atoms with Gasteiger partial charge in [0.1, 0.15) is 17.3 Å². The molecule has 114 valence electrons. The maximum atomic E-state index is 13.2. The van der Waals surface area contributed by atoms with Crippen LogP contribution < -0.4 is 5.32 Å². The summed E-state index contributed by atoms with van der Waals surface area (Å²) >= 11 is 6.15. The second-order valence-electron chi connectivity index (χ2n) is 5.30. The van der Waals surface area contributed by atoms with Gasteiger partial charge in [-0.3, -0.25) is 0 Å². The Kier molecular flexibility index (Phi) is 5.07. The number of likely N-dealkylation sites (N-methyl/N-ethyl adjacent to an activating group) is 1. The normalized spacial score (nSPS) is 12.7. The first-order valence-corrected chi connectivity index (χ1v) is 7.55. The van der Waals surface area contributed by atoms with Gasteiger partial charge in [0.25, 0.3) is 0 Å². The second kappa shape index (κ2) is 6.63. The Bertz CT molecular complexity index is 636. The molecule has 1 heterocycles. The van der Waals surface area contributed by atoms with Gasteiger partial charge in [-0.2, -0.15) is 0 Å². The fraction of sp³-hybridized carbons (Fsp3) is 0.412. The highest BCUT2D eigenvalue weighted by Gasteiger charge is 2.21. The van der Waals surface area contributed by atoms with Crippen molar-refractivity contribution in [3.63, 3.8) is 0 Å². The van der Waals surface area contributed by atoms with Crippen molar-refractivity contribution in [2.75, 3.05) is 6.54 Å². The minimum Gasteiger partial charge on any atom is -0.466 e. The molecule has 2 aromatic rings. The third-order valence-corrected chi connectivity index (χ3v) is 4.21. The van der Waals surface area contributed by atoms with Crippen LogP contribution in [0.2, 0.25) is 5.02 Å². The zero-order valence-electron chi connectivity index (χ0n) is 12.9. The molecule has 1 N–H and O–H groups in total. The second-order valence-corrected chi connectivity index (χ2v) is 5.71. The smallest absolute Gasteiger partial charge is 0.124 e. The fourth-order valence-electron chi connectivity index (χ4n) is 2.75. The van der Waals surface area contributed by atoms with Gasteiger partial charge in [0.05, 0.1) is 0 Å². The molecule has 0 fully saturated rings. The van der Waals surface area contributed by atoms with Crippen molar-refractivity contribution in [2.24, 2.45) is 0 Å². The topological polar surface area (TPSA) is 25.2 Å². The Hall–Kier alpha value is -1.32. The minimum atomic E-state index is -0.310. The van der Waals surface area contributed by atoms with Crippen LogP contribution in [0.25, 0.3) is 0 Å². The monoisotopic (exact) mass is 309 g/mol. The molecular formula is C17H21ClFNO. The highest BCUT2D eigenvalue weighted by atomic mass is 35.5. The van der Waals surface area contributed by atoms with E-state index in [0.29, 0.717) is 11.4 Å². The van der Waals surface area contributed by atoms with Crippen LogP contribution in [0.15, 0.2) is 22.6 Å². The first-order chi connectivity index (χ1) is 9.93. The van der Waals surface area contributed by atoms with E-state index in [2.05, 4.69) is 19.2 Å². The van der Waals surface area contributed by atoms with E-state index in [-0.39, 0.29) is 11.9 Å². The number of furan rings is 1. The van der Waals surface area contributed by atoms with E-state index < -0.39 is 0 Å². The van der Waals surface area contributed by atoms with Gasteiger partial charge in [-0.25, -0.2) is 4.39 Å². The maximum Gasteiger partial charge on any atom is 0.124 e. The number of rotatable bonds is 5. The van der Waals surface area contributed by atoms with E-state index in [0.717, 1.165) is 29.2 Å². The minimum absolute atomic E-state index is 0.107. The van der Waals surface area contributed by atoms with Crippen LogP contribution in [-0.2, 0) is 6.42 Å². The zero-order chi connectivity index (χ0) is 15.6. The Morgan fingerprint density at radius 1 is 1.24 bits per heavy atom. The standard InChI is InChI=1S/C17H21ClFNO/c1-5-20-16(17-10(2)11(3)21-12(17)4)8-13-6-7-14(19)9-15(13)18/h6-7,9,16,20H,5,8H2,1-4H3. The van der Waals surface area contributed by atoms with Gasteiger partial charge < -0.3 is 9.73 Å². The lowest BCUT2D eigenvalue weighted by molar-refractivity contribution is 0.484. The molecule has 1 aromatic carbocycles. The quantitative estimate of drug-likeness (QED) is 0.850. The first kappa shape index (κ1) is 16.1. The third-order valence-electron chi connectivity index (χ3n) is 3.86. The molecule has 1 unspecified atom stereocenters. The fourth-order valence-corrected chi connectivity index (χ4v) is 3.00. The molecule has 1 aromatic heterocycles. The predicted octanol–water partition coefficient (Wildman–Crippen LogP) is 4.89. The van der Waals surface area contributed by atoms with E-state index in [9.17, 15) is 4.39 Å². The van der Waals surface area contributed by atoms with Crippen LogP contribution in [0.4, 0.5) is 4.39 Å². The molecule has 0 radical (unpaired) electrons. The van der Waals surface area contributed by atoms with Crippen LogP contribution in [0.5, 0.6) is 0 Å². The van der Waals surface area contributed by atoms with Gasteiger partial charge in [-0.15, -0.1) is 0 Å². The molecule has 0 spiro atoms. The lowest BCUT2D eigenvalue weighted by Crippen LogP contribution is -2.24. The number of halogens is 2. The van der Waals surface area contributed by atoms with Gasteiger partial charge in [-0.05, 0) is 57.0 Å². The molecule has 0 bridgehead atoms. The van der Waals surface area contributed by atoms with Gasteiger partial charge in [0, 0.05) is 16.6 Å². The summed E-state index contributed by atoms with van der Waals surface area (Å²) in [7, 11) is 0. The van der Waals surface area contributed by atoms with E-state index >= 15 is 0 Å². The van der Waals surface area contributed by atoms with Gasteiger partial charge in [-0.1, -0.05) is 24.6 Å². The summed E-state index contributed by atoms with van der Waals surface area (Å²) < 4.78 is 18.9. The lowest BCUT2D eigenvalue weighted by atomic mass is 9.95. The van der Waals surface area contributed by atoms with Gasteiger partial charge >= 0.3 is 0 Å². The first-order valence-electron chi connectivity index (χ1n) is 7.17. The average molecular weight is 310 g/mol. The van der Waals surface area contributed by atoms with E-state index in [1.807, 2.05) is 13.8 Å². The van der Waals surface area contributed by atoms with Crippen molar-refractivity contribution >= 4 is 11.6 Å². The van der Waals surface area contributed by atoms with Crippen LogP contribution in [0, 0.1) is 26.6 Å². The molecule has 0 aliphatic carbocycles. The highest BCUT2D eigenvalue weighted by molar-refractivity contribution is 6.31.